The van der Waals surface area contributed by atoms with Crippen LogP contribution >= 0.6 is 0 Å². The fourth-order valence-electron chi connectivity index (χ4n) is 3.60. The van der Waals surface area contributed by atoms with Gasteiger partial charge in [0.15, 0.2) is 5.96 Å². The first-order valence-corrected chi connectivity index (χ1v) is 9.86. The number of aliphatic imine (C=N–C) groups is 1. The van der Waals surface area contributed by atoms with Gasteiger partial charge in [-0.15, -0.1) is 0 Å². The Kier molecular flexibility index (Phi) is 6.71. The van der Waals surface area contributed by atoms with Gasteiger partial charge in [-0.05, 0) is 31.2 Å². The molecule has 1 amide bonds. The van der Waals surface area contributed by atoms with E-state index in [0.29, 0.717) is 5.92 Å². The number of guanidine groups is 1. The molecule has 2 unspecified atom stereocenters. The van der Waals surface area contributed by atoms with Gasteiger partial charge in [0.05, 0.1) is 12.3 Å². The standard InChI is InChI=1S/C19H32N6O2/c1-23(2)18(26)12-21-19(20-11-17-6-4-5-9-27-17)25-8-7-15(14-25)16-10-22-24(3)13-16/h10,13,15,17H,4-9,11-12,14H2,1-3H3,(H,20,21). The zero-order valence-electron chi connectivity index (χ0n) is 16.7. The van der Waals surface area contributed by atoms with Crippen molar-refractivity contribution in [1.29, 1.82) is 0 Å². The summed E-state index contributed by atoms with van der Waals surface area (Å²) in [5, 5.41) is 7.76. The summed E-state index contributed by atoms with van der Waals surface area (Å²) < 4.78 is 7.67. The number of nitrogens with zero attached hydrogens (tertiary/aromatic N) is 5. The van der Waals surface area contributed by atoms with E-state index in [1.54, 1.807) is 19.0 Å². The van der Waals surface area contributed by atoms with Crippen molar-refractivity contribution in [2.24, 2.45) is 12.0 Å². The number of hydrogen-bond donors (Lipinski definition) is 1. The highest BCUT2D eigenvalue weighted by Crippen LogP contribution is 2.26. The molecule has 2 aliphatic heterocycles. The van der Waals surface area contributed by atoms with Crippen LogP contribution in [0, 0.1) is 0 Å². The van der Waals surface area contributed by atoms with E-state index in [4.69, 9.17) is 4.74 Å². The van der Waals surface area contributed by atoms with Crippen molar-refractivity contribution in [1.82, 2.24) is 24.9 Å². The largest absolute Gasteiger partial charge is 0.376 e. The third kappa shape index (κ3) is 5.45. The molecule has 2 fully saturated rings. The van der Waals surface area contributed by atoms with Crippen LogP contribution in [0.4, 0.5) is 0 Å². The third-order valence-electron chi connectivity index (χ3n) is 5.31. The summed E-state index contributed by atoms with van der Waals surface area (Å²) in [6.45, 7) is 3.55. The SMILES string of the molecule is CN(C)C(=O)CN=C(NCC1CCCCO1)N1CCC(c2cnn(C)c2)C1. The fraction of sp³-hybridized carbons (Fsp3) is 0.737. The normalized spacial score (nSPS) is 23.5. The maximum Gasteiger partial charge on any atom is 0.243 e. The van der Waals surface area contributed by atoms with Crippen LogP contribution in [-0.4, -0.2) is 84.4 Å². The van der Waals surface area contributed by atoms with Gasteiger partial charge in [-0.1, -0.05) is 0 Å². The molecule has 150 valence electrons. The lowest BCUT2D eigenvalue weighted by atomic mass is 10.0. The third-order valence-corrected chi connectivity index (χ3v) is 5.31. The number of carbonyl (C=O) groups is 1. The molecule has 2 aliphatic rings. The van der Waals surface area contributed by atoms with Gasteiger partial charge in [-0.2, -0.15) is 5.10 Å². The molecule has 1 aromatic rings. The molecule has 0 radical (unpaired) electrons. The number of aromatic nitrogens is 2. The Morgan fingerprint density at radius 1 is 1.41 bits per heavy atom. The Labute approximate surface area is 161 Å². The van der Waals surface area contributed by atoms with Crippen LogP contribution in [0.25, 0.3) is 0 Å². The monoisotopic (exact) mass is 376 g/mol. The number of nitrogens with one attached hydrogen (secondary N) is 1. The van der Waals surface area contributed by atoms with Crippen molar-refractivity contribution < 1.29 is 9.53 Å². The maximum atomic E-state index is 12.0. The van der Waals surface area contributed by atoms with Crippen LogP contribution in [0.5, 0.6) is 0 Å². The highest BCUT2D eigenvalue weighted by atomic mass is 16.5. The molecule has 2 saturated heterocycles. The summed E-state index contributed by atoms with van der Waals surface area (Å²) in [4.78, 5) is 20.4. The Balaban J connectivity index is 1.63. The van der Waals surface area contributed by atoms with Crippen molar-refractivity contribution in [2.75, 3.05) is 46.9 Å². The van der Waals surface area contributed by atoms with Crippen molar-refractivity contribution >= 4 is 11.9 Å². The summed E-state index contributed by atoms with van der Waals surface area (Å²) in [5.41, 5.74) is 1.26. The van der Waals surface area contributed by atoms with Gasteiger partial charge in [0.25, 0.3) is 0 Å². The van der Waals surface area contributed by atoms with Crippen molar-refractivity contribution in [3.8, 4) is 0 Å². The lowest BCUT2D eigenvalue weighted by molar-refractivity contribution is -0.127. The van der Waals surface area contributed by atoms with Crippen LogP contribution < -0.4 is 5.32 Å². The number of hydrogen-bond acceptors (Lipinski definition) is 4. The number of rotatable bonds is 5. The molecule has 3 rings (SSSR count). The summed E-state index contributed by atoms with van der Waals surface area (Å²) in [7, 11) is 5.46. The average molecular weight is 377 g/mol. The predicted molar refractivity (Wildman–Crippen MR) is 105 cm³/mol. The van der Waals surface area contributed by atoms with E-state index >= 15 is 0 Å². The van der Waals surface area contributed by atoms with Crippen LogP contribution in [0.2, 0.25) is 0 Å². The van der Waals surface area contributed by atoms with Crippen LogP contribution in [0.3, 0.4) is 0 Å². The number of amides is 1. The molecule has 0 aromatic carbocycles. The number of likely N-dealkylation sites (tertiary alicyclic amines) is 1. The Hall–Kier alpha value is -2.09. The molecule has 1 aromatic heterocycles. The van der Waals surface area contributed by atoms with Gasteiger partial charge in [-0.3, -0.25) is 9.48 Å². The van der Waals surface area contributed by atoms with Crippen molar-refractivity contribution in [2.45, 2.75) is 37.7 Å². The Morgan fingerprint density at radius 3 is 2.93 bits per heavy atom. The van der Waals surface area contributed by atoms with E-state index < -0.39 is 0 Å². The smallest absolute Gasteiger partial charge is 0.243 e. The zero-order valence-corrected chi connectivity index (χ0v) is 16.7. The minimum atomic E-state index is 0.00576. The first kappa shape index (κ1) is 19.7. The second kappa shape index (κ2) is 9.21. The second-order valence-corrected chi connectivity index (χ2v) is 7.68. The maximum absolute atomic E-state index is 12.0. The molecule has 0 aliphatic carbocycles. The van der Waals surface area contributed by atoms with E-state index in [1.807, 2.05) is 17.9 Å². The van der Waals surface area contributed by atoms with Crippen LogP contribution in [-0.2, 0) is 16.6 Å². The van der Waals surface area contributed by atoms with Gasteiger partial charge in [0.2, 0.25) is 5.91 Å². The van der Waals surface area contributed by atoms with Gasteiger partial charge in [0, 0.05) is 59.5 Å². The average Bonchev–Trinajstić information content (AvgIpc) is 3.31. The van der Waals surface area contributed by atoms with Gasteiger partial charge in [-0.25, -0.2) is 4.99 Å². The Morgan fingerprint density at radius 2 is 2.26 bits per heavy atom. The van der Waals surface area contributed by atoms with Crippen molar-refractivity contribution in [3.05, 3.63) is 18.0 Å². The molecule has 8 heteroatoms. The molecule has 0 bridgehead atoms. The molecule has 0 spiro atoms. The quantitative estimate of drug-likeness (QED) is 0.608. The molecular formula is C19H32N6O2. The molecule has 8 nitrogen and oxygen atoms in total. The minimum absolute atomic E-state index is 0.00576. The van der Waals surface area contributed by atoms with Crippen LogP contribution in [0.1, 0.15) is 37.2 Å². The summed E-state index contributed by atoms with van der Waals surface area (Å²) in [6.07, 6.45) is 8.76. The topological polar surface area (TPSA) is 75.0 Å². The summed E-state index contributed by atoms with van der Waals surface area (Å²) >= 11 is 0. The molecule has 27 heavy (non-hydrogen) atoms. The predicted octanol–water partition coefficient (Wildman–Crippen LogP) is 0.812. The molecule has 1 N–H and O–H groups in total. The lowest BCUT2D eigenvalue weighted by Gasteiger charge is -2.27. The first-order chi connectivity index (χ1) is 13.0. The van der Waals surface area contributed by atoms with Gasteiger partial charge < -0.3 is 19.9 Å². The summed E-state index contributed by atoms with van der Waals surface area (Å²) in [5.74, 6) is 1.26. The van der Waals surface area contributed by atoms with E-state index in [9.17, 15) is 4.79 Å². The minimum Gasteiger partial charge on any atom is -0.376 e. The highest BCUT2D eigenvalue weighted by Gasteiger charge is 2.27. The van der Waals surface area contributed by atoms with Gasteiger partial charge >= 0.3 is 0 Å². The van der Waals surface area contributed by atoms with Crippen LogP contribution in [0.15, 0.2) is 17.4 Å². The Bertz CT molecular complexity index is 650. The van der Waals surface area contributed by atoms with E-state index in [-0.39, 0.29) is 18.6 Å². The number of ether oxygens (including phenoxy) is 1. The van der Waals surface area contributed by atoms with Gasteiger partial charge in [0.1, 0.15) is 6.54 Å². The van der Waals surface area contributed by atoms with E-state index in [1.165, 1.54) is 12.0 Å². The number of aryl methyl sites for hydroxylation is 1. The number of likely N-dealkylation sites (N-methyl/N-ethyl adjacent to an activating group) is 1. The molecule has 3 heterocycles. The summed E-state index contributed by atoms with van der Waals surface area (Å²) in [6, 6.07) is 0. The second-order valence-electron chi connectivity index (χ2n) is 7.68. The molecular weight excluding hydrogens is 344 g/mol. The lowest BCUT2D eigenvalue weighted by Crippen LogP contribution is -2.44. The zero-order chi connectivity index (χ0) is 19.2. The van der Waals surface area contributed by atoms with E-state index in [0.717, 1.165) is 51.5 Å². The van der Waals surface area contributed by atoms with Crippen molar-refractivity contribution in [3.63, 3.8) is 0 Å². The van der Waals surface area contributed by atoms with E-state index in [2.05, 4.69) is 26.5 Å². The molecule has 0 saturated carbocycles. The first-order valence-electron chi connectivity index (χ1n) is 9.86. The molecule has 2 atom stereocenters. The fourth-order valence-corrected chi connectivity index (χ4v) is 3.60. The number of carbonyl (C=O) groups excluding carboxylic acids is 1. The highest BCUT2D eigenvalue weighted by molar-refractivity contribution is 5.85.